The molecular formula is C9H7Br2N3O3S. The summed E-state index contributed by atoms with van der Waals surface area (Å²) >= 11 is 6.41. The highest BCUT2D eigenvalue weighted by atomic mass is 79.9. The summed E-state index contributed by atoms with van der Waals surface area (Å²) in [6, 6.07) is 4.84. The summed E-state index contributed by atoms with van der Waals surface area (Å²) in [5.74, 6) is 0.0712. The first-order chi connectivity index (χ1) is 8.40. The Hall–Kier alpha value is -0.930. The predicted molar refractivity (Wildman–Crippen MR) is 71.7 cm³/mol. The molecule has 1 heterocycles. The van der Waals surface area contributed by atoms with Crippen molar-refractivity contribution < 1.29 is 13.0 Å². The van der Waals surface area contributed by atoms with E-state index in [2.05, 4.69) is 51.5 Å². The van der Waals surface area contributed by atoms with Crippen LogP contribution in [0.25, 0.3) is 0 Å². The zero-order chi connectivity index (χ0) is 13.3. The van der Waals surface area contributed by atoms with Gasteiger partial charge in [-0.05, 0) is 46.2 Å². The van der Waals surface area contributed by atoms with Gasteiger partial charge in [0.25, 0.3) is 10.0 Å². The number of nitrogens with zero attached hydrogens (tertiary/aromatic N) is 2. The van der Waals surface area contributed by atoms with E-state index in [1.165, 1.54) is 6.07 Å². The van der Waals surface area contributed by atoms with Gasteiger partial charge in [0.05, 0.1) is 0 Å². The molecule has 2 aromatic rings. The van der Waals surface area contributed by atoms with Gasteiger partial charge in [0, 0.05) is 8.95 Å². The van der Waals surface area contributed by atoms with Crippen LogP contribution in [0.3, 0.4) is 0 Å². The summed E-state index contributed by atoms with van der Waals surface area (Å²) in [6.45, 7) is 1.59. The van der Waals surface area contributed by atoms with Crippen LogP contribution in [0.4, 0.5) is 5.82 Å². The van der Waals surface area contributed by atoms with Crippen molar-refractivity contribution in [1.82, 2.24) is 10.3 Å². The molecule has 0 radical (unpaired) electrons. The lowest BCUT2D eigenvalue weighted by atomic mass is 10.4. The largest absolute Gasteiger partial charge is 0.264 e. The molecule has 9 heteroatoms. The standard InChI is InChI=1S/C9H7Br2N3O3S/c1-5-9(13-17-12-5)14-18(15,16)8-4-6(10)2-3-7(8)11/h2-4H,1H3,(H,13,14). The molecule has 0 saturated heterocycles. The Morgan fingerprint density at radius 2 is 2.00 bits per heavy atom. The molecule has 1 aromatic carbocycles. The lowest BCUT2D eigenvalue weighted by molar-refractivity contribution is 0.306. The van der Waals surface area contributed by atoms with Gasteiger partial charge >= 0.3 is 0 Å². The SMILES string of the molecule is Cc1nonc1NS(=O)(=O)c1cc(Br)ccc1Br. The molecule has 96 valence electrons. The monoisotopic (exact) mass is 395 g/mol. The highest BCUT2D eigenvalue weighted by Gasteiger charge is 2.21. The third-order valence-corrected chi connectivity index (χ3v) is 4.89. The zero-order valence-electron chi connectivity index (χ0n) is 9.02. The minimum atomic E-state index is -3.75. The Kier molecular flexibility index (Phi) is 3.74. The number of sulfonamides is 1. The van der Waals surface area contributed by atoms with E-state index >= 15 is 0 Å². The van der Waals surface area contributed by atoms with E-state index in [4.69, 9.17) is 0 Å². The Bertz CT molecular complexity index is 684. The summed E-state index contributed by atoms with van der Waals surface area (Å²) < 4.78 is 32.1. The summed E-state index contributed by atoms with van der Waals surface area (Å²) in [7, 11) is -3.75. The molecule has 6 nitrogen and oxygen atoms in total. The van der Waals surface area contributed by atoms with Gasteiger partial charge in [-0.2, -0.15) is 0 Å². The van der Waals surface area contributed by atoms with Crippen LogP contribution in [-0.4, -0.2) is 18.7 Å². The van der Waals surface area contributed by atoms with Gasteiger partial charge in [0.15, 0.2) is 0 Å². The average molecular weight is 397 g/mol. The molecule has 0 aliphatic carbocycles. The van der Waals surface area contributed by atoms with Crippen LogP contribution < -0.4 is 4.72 Å². The molecule has 0 spiro atoms. The summed E-state index contributed by atoms with van der Waals surface area (Å²) in [5, 5.41) is 6.98. The van der Waals surface area contributed by atoms with Crippen LogP contribution in [0.2, 0.25) is 0 Å². The summed E-state index contributed by atoms with van der Waals surface area (Å²) in [6.07, 6.45) is 0. The fourth-order valence-electron chi connectivity index (χ4n) is 1.19. The van der Waals surface area contributed by atoms with Crippen molar-refractivity contribution in [2.45, 2.75) is 11.8 Å². The second-order valence-corrected chi connectivity index (χ2v) is 6.80. The third kappa shape index (κ3) is 2.73. The highest BCUT2D eigenvalue weighted by molar-refractivity contribution is 9.11. The smallest absolute Gasteiger partial charge is 0.259 e. The molecule has 2 rings (SSSR count). The van der Waals surface area contributed by atoms with E-state index in [-0.39, 0.29) is 10.7 Å². The van der Waals surface area contributed by atoms with Crippen LogP contribution >= 0.6 is 31.9 Å². The number of rotatable bonds is 3. The number of halogens is 2. The Balaban J connectivity index is 2.43. The number of benzene rings is 1. The van der Waals surface area contributed by atoms with Gasteiger partial charge in [0.1, 0.15) is 10.6 Å². The molecule has 0 aliphatic rings. The minimum Gasteiger partial charge on any atom is -0.259 e. The molecule has 0 fully saturated rings. The molecular weight excluding hydrogens is 390 g/mol. The maximum absolute atomic E-state index is 12.2. The first-order valence-electron chi connectivity index (χ1n) is 4.67. The molecule has 0 amide bonds. The van der Waals surface area contributed by atoms with E-state index < -0.39 is 10.0 Å². The van der Waals surface area contributed by atoms with Crippen molar-refractivity contribution >= 4 is 47.7 Å². The van der Waals surface area contributed by atoms with Gasteiger partial charge < -0.3 is 0 Å². The first-order valence-corrected chi connectivity index (χ1v) is 7.74. The normalized spacial score (nSPS) is 11.5. The van der Waals surface area contributed by atoms with Crippen molar-refractivity contribution in [2.75, 3.05) is 4.72 Å². The Morgan fingerprint density at radius 3 is 2.61 bits per heavy atom. The third-order valence-electron chi connectivity index (χ3n) is 2.07. The lowest BCUT2D eigenvalue weighted by Crippen LogP contribution is -2.14. The second-order valence-electron chi connectivity index (χ2n) is 3.38. The van der Waals surface area contributed by atoms with Gasteiger partial charge in [-0.25, -0.2) is 13.0 Å². The fourth-order valence-corrected chi connectivity index (χ4v) is 3.74. The minimum absolute atomic E-state index is 0.0712. The second kappa shape index (κ2) is 4.98. The summed E-state index contributed by atoms with van der Waals surface area (Å²) in [4.78, 5) is 0.0966. The summed E-state index contributed by atoms with van der Waals surface area (Å²) in [5.41, 5.74) is 0.365. The van der Waals surface area contributed by atoms with Crippen molar-refractivity contribution in [1.29, 1.82) is 0 Å². The maximum atomic E-state index is 12.2. The molecule has 0 atom stereocenters. The van der Waals surface area contributed by atoms with Crippen LogP contribution in [-0.2, 0) is 10.0 Å². The van der Waals surface area contributed by atoms with Crippen molar-refractivity contribution in [3.8, 4) is 0 Å². The van der Waals surface area contributed by atoms with Crippen LogP contribution in [0.1, 0.15) is 5.69 Å². The molecule has 0 unspecified atom stereocenters. The Morgan fingerprint density at radius 1 is 1.28 bits per heavy atom. The first kappa shape index (κ1) is 13.5. The Labute approximate surface area is 120 Å². The highest BCUT2D eigenvalue weighted by Crippen LogP contribution is 2.27. The van der Waals surface area contributed by atoms with E-state index in [0.29, 0.717) is 14.6 Å². The zero-order valence-corrected chi connectivity index (χ0v) is 13.0. The molecule has 1 aromatic heterocycles. The van der Waals surface area contributed by atoms with E-state index in [1.807, 2.05) is 0 Å². The van der Waals surface area contributed by atoms with Crippen LogP contribution in [0, 0.1) is 6.92 Å². The predicted octanol–water partition coefficient (Wildman–Crippen LogP) is 2.70. The van der Waals surface area contributed by atoms with Gasteiger partial charge in [-0.1, -0.05) is 21.1 Å². The topological polar surface area (TPSA) is 85.1 Å². The van der Waals surface area contributed by atoms with Gasteiger partial charge in [-0.15, -0.1) is 0 Å². The average Bonchev–Trinajstić information content (AvgIpc) is 2.67. The molecule has 1 N–H and O–H groups in total. The number of aromatic nitrogens is 2. The molecule has 0 saturated carbocycles. The number of nitrogens with one attached hydrogen (secondary N) is 1. The van der Waals surface area contributed by atoms with Crippen molar-refractivity contribution in [3.63, 3.8) is 0 Å². The van der Waals surface area contributed by atoms with Crippen LogP contribution in [0.15, 0.2) is 36.7 Å². The molecule has 0 bridgehead atoms. The van der Waals surface area contributed by atoms with Gasteiger partial charge in [0.2, 0.25) is 5.82 Å². The van der Waals surface area contributed by atoms with E-state index in [1.54, 1.807) is 19.1 Å². The van der Waals surface area contributed by atoms with E-state index in [0.717, 1.165) is 0 Å². The number of anilines is 1. The van der Waals surface area contributed by atoms with Gasteiger partial charge in [-0.3, -0.25) is 4.72 Å². The molecule has 0 aliphatic heterocycles. The van der Waals surface area contributed by atoms with Crippen LogP contribution in [0.5, 0.6) is 0 Å². The number of hydrogen-bond donors (Lipinski definition) is 1. The number of aryl methyl sites for hydroxylation is 1. The maximum Gasteiger partial charge on any atom is 0.264 e. The quantitative estimate of drug-likeness (QED) is 0.861. The number of hydrogen-bond acceptors (Lipinski definition) is 5. The molecule has 18 heavy (non-hydrogen) atoms. The fraction of sp³-hybridized carbons (Fsp3) is 0.111. The lowest BCUT2D eigenvalue weighted by Gasteiger charge is -2.07. The van der Waals surface area contributed by atoms with E-state index in [9.17, 15) is 8.42 Å². The van der Waals surface area contributed by atoms with Crippen molar-refractivity contribution in [2.24, 2.45) is 0 Å². The van der Waals surface area contributed by atoms with Crippen molar-refractivity contribution in [3.05, 3.63) is 32.8 Å².